The fourth-order valence-electron chi connectivity index (χ4n) is 1.84. The molecule has 3 nitrogen and oxygen atoms in total. The van der Waals surface area contributed by atoms with E-state index in [4.69, 9.17) is 16.3 Å². The first-order valence-corrected chi connectivity index (χ1v) is 7.28. The number of hydrogen-bond acceptors (Lipinski definition) is 4. The minimum atomic E-state index is 0.244. The van der Waals surface area contributed by atoms with Crippen molar-refractivity contribution in [1.82, 2.24) is 4.98 Å². The number of ether oxygens (including phenoxy) is 1. The SMILES string of the molecule is COC[C@@H](C)Nc1nc(-c2ccc(Cl)cc2)c(C)s1. The molecule has 2 rings (SSSR count). The molecule has 0 aliphatic rings. The number of aromatic nitrogens is 1. The van der Waals surface area contributed by atoms with E-state index in [1.807, 2.05) is 24.3 Å². The van der Waals surface area contributed by atoms with Crippen molar-refractivity contribution in [3.05, 3.63) is 34.2 Å². The van der Waals surface area contributed by atoms with Gasteiger partial charge >= 0.3 is 0 Å². The average Bonchev–Trinajstić information content (AvgIpc) is 2.71. The molecule has 0 radical (unpaired) electrons. The van der Waals surface area contributed by atoms with E-state index in [1.54, 1.807) is 18.4 Å². The maximum Gasteiger partial charge on any atom is 0.183 e. The maximum absolute atomic E-state index is 5.90. The van der Waals surface area contributed by atoms with Gasteiger partial charge in [-0.1, -0.05) is 23.7 Å². The largest absolute Gasteiger partial charge is 0.383 e. The molecule has 1 N–H and O–H groups in total. The monoisotopic (exact) mass is 296 g/mol. The van der Waals surface area contributed by atoms with E-state index >= 15 is 0 Å². The number of thiazole rings is 1. The lowest BCUT2D eigenvalue weighted by Crippen LogP contribution is -2.20. The second kappa shape index (κ2) is 6.37. The topological polar surface area (TPSA) is 34.1 Å². The molecule has 1 heterocycles. The van der Waals surface area contributed by atoms with Crippen molar-refractivity contribution in [2.45, 2.75) is 19.9 Å². The molecular formula is C14H17ClN2OS. The Morgan fingerprint density at radius 2 is 2.05 bits per heavy atom. The van der Waals surface area contributed by atoms with Crippen LogP contribution in [0.5, 0.6) is 0 Å². The number of benzene rings is 1. The van der Waals surface area contributed by atoms with E-state index in [9.17, 15) is 0 Å². The predicted octanol–water partition coefficient (Wildman–Crippen LogP) is 4.22. The van der Waals surface area contributed by atoms with Gasteiger partial charge in [0, 0.05) is 28.6 Å². The number of nitrogens with one attached hydrogen (secondary N) is 1. The number of hydrogen-bond donors (Lipinski definition) is 1. The van der Waals surface area contributed by atoms with Crippen LogP contribution in [-0.4, -0.2) is 24.7 Å². The summed E-state index contributed by atoms with van der Waals surface area (Å²) in [6, 6.07) is 8.00. The summed E-state index contributed by atoms with van der Waals surface area (Å²) in [5, 5.41) is 5.00. The Balaban J connectivity index is 2.19. The van der Waals surface area contributed by atoms with Crippen LogP contribution in [0.2, 0.25) is 5.02 Å². The van der Waals surface area contributed by atoms with Crippen molar-refractivity contribution in [2.75, 3.05) is 19.0 Å². The van der Waals surface area contributed by atoms with Crippen LogP contribution < -0.4 is 5.32 Å². The van der Waals surface area contributed by atoms with E-state index in [2.05, 4.69) is 24.1 Å². The van der Waals surface area contributed by atoms with Gasteiger partial charge in [0.25, 0.3) is 0 Å². The Kier molecular flexibility index (Phi) is 4.80. The molecule has 1 atom stereocenters. The summed E-state index contributed by atoms with van der Waals surface area (Å²) in [6.07, 6.45) is 0. The molecule has 0 saturated heterocycles. The van der Waals surface area contributed by atoms with E-state index in [-0.39, 0.29) is 6.04 Å². The number of halogens is 1. The quantitative estimate of drug-likeness (QED) is 0.897. The summed E-state index contributed by atoms with van der Waals surface area (Å²) in [4.78, 5) is 5.83. The predicted molar refractivity (Wildman–Crippen MR) is 82.3 cm³/mol. The summed E-state index contributed by atoms with van der Waals surface area (Å²) in [6.45, 7) is 4.81. The van der Waals surface area contributed by atoms with Crippen LogP contribution in [0.25, 0.3) is 11.3 Å². The molecule has 0 spiro atoms. The summed E-state index contributed by atoms with van der Waals surface area (Å²) < 4.78 is 5.11. The molecule has 0 saturated carbocycles. The summed E-state index contributed by atoms with van der Waals surface area (Å²) in [5.74, 6) is 0. The van der Waals surface area contributed by atoms with Gasteiger partial charge in [0.2, 0.25) is 0 Å². The zero-order valence-corrected chi connectivity index (χ0v) is 12.8. The van der Waals surface area contributed by atoms with Crippen LogP contribution in [0, 0.1) is 6.92 Å². The van der Waals surface area contributed by atoms with Crippen molar-refractivity contribution < 1.29 is 4.74 Å². The molecule has 0 amide bonds. The maximum atomic E-state index is 5.90. The molecule has 5 heteroatoms. The van der Waals surface area contributed by atoms with Gasteiger partial charge in [-0.25, -0.2) is 4.98 Å². The van der Waals surface area contributed by atoms with Gasteiger partial charge in [0.05, 0.1) is 12.3 Å². The Hall–Kier alpha value is -1.10. The Morgan fingerprint density at radius 3 is 2.68 bits per heavy atom. The summed E-state index contributed by atoms with van der Waals surface area (Å²) >= 11 is 7.56. The van der Waals surface area contributed by atoms with E-state index < -0.39 is 0 Å². The van der Waals surface area contributed by atoms with Gasteiger partial charge in [-0.2, -0.15) is 0 Å². The first-order valence-electron chi connectivity index (χ1n) is 6.09. The van der Waals surface area contributed by atoms with Crippen molar-refractivity contribution in [3.8, 4) is 11.3 Å². The molecule has 0 bridgehead atoms. The number of nitrogens with zero attached hydrogens (tertiary/aromatic N) is 1. The van der Waals surface area contributed by atoms with Gasteiger partial charge in [-0.05, 0) is 26.0 Å². The third kappa shape index (κ3) is 3.69. The van der Waals surface area contributed by atoms with E-state index in [0.717, 1.165) is 21.4 Å². The average molecular weight is 297 g/mol. The molecular weight excluding hydrogens is 280 g/mol. The molecule has 1 aromatic heterocycles. The minimum absolute atomic E-state index is 0.244. The summed E-state index contributed by atoms with van der Waals surface area (Å²) in [5.41, 5.74) is 2.10. The van der Waals surface area contributed by atoms with Gasteiger partial charge in [0.1, 0.15) is 0 Å². The van der Waals surface area contributed by atoms with Gasteiger partial charge in [0.15, 0.2) is 5.13 Å². The first-order chi connectivity index (χ1) is 9.10. The highest BCUT2D eigenvalue weighted by Crippen LogP contribution is 2.31. The fourth-order valence-corrected chi connectivity index (χ4v) is 2.91. The molecule has 0 unspecified atom stereocenters. The zero-order chi connectivity index (χ0) is 13.8. The number of anilines is 1. The van der Waals surface area contributed by atoms with Gasteiger partial charge in [-0.3, -0.25) is 0 Å². The highest BCUT2D eigenvalue weighted by atomic mass is 35.5. The first kappa shape index (κ1) is 14.3. The van der Waals surface area contributed by atoms with Crippen molar-refractivity contribution in [2.24, 2.45) is 0 Å². The highest BCUT2D eigenvalue weighted by molar-refractivity contribution is 7.16. The van der Waals surface area contributed by atoms with Crippen LogP contribution in [0.15, 0.2) is 24.3 Å². The number of aryl methyl sites for hydroxylation is 1. The Morgan fingerprint density at radius 1 is 1.37 bits per heavy atom. The van der Waals surface area contributed by atoms with Crippen molar-refractivity contribution in [1.29, 1.82) is 0 Å². The molecule has 19 heavy (non-hydrogen) atoms. The molecule has 0 aliphatic heterocycles. The van der Waals surface area contributed by atoms with E-state index in [1.165, 1.54) is 4.88 Å². The number of rotatable bonds is 5. The lowest BCUT2D eigenvalue weighted by atomic mass is 10.1. The molecule has 2 aromatic rings. The third-order valence-electron chi connectivity index (χ3n) is 2.70. The van der Waals surface area contributed by atoms with Crippen LogP contribution in [0.4, 0.5) is 5.13 Å². The zero-order valence-electron chi connectivity index (χ0n) is 11.2. The molecule has 1 aromatic carbocycles. The van der Waals surface area contributed by atoms with Crippen LogP contribution in [0.3, 0.4) is 0 Å². The third-order valence-corrected chi connectivity index (χ3v) is 3.85. The van der Waals surface area contributed by atoms with Gasteiger partial charge < -0.3 is 10.1 Å². The highest BCUT2D eigenvalue weighted by Gasteiger charge is 2.11. The summed E-state index contributed by atoms with van der Waals surface area (Å²) in [7, 11) is 1.70. The van der Waals surface area contributed by atoms with Crippen LogP contribution in [0.1, 0.15) is 11.8 Å². The smallest absolute Gasteiger partial charge is 0.183 e. The van der Waals surface area contributed by atoms with Crippen LogP contribution >= 0.6 is 22.9 Å². The van der Waals surface area contributed by atoms with E-state index in [0.29, 0.717) is 6.61 Å². The second-order valence-corrected chi connectivity index (χ2v) is 6.07. The normalized spacial score (nSPS) is 12.4. The van der Waals surface area contributed by atoms with Crippen molar-refractivity contribution >= 4 is 28.1 Å². The second-order valence-electron chi connectivity index (χ2n) is 4.43. The minimum Gasteiger partial charge on any atom is -0.383 e. The van der Waals surface area contributed by atoms with Crippen LogP contribution in [-0.2, 0) is 4.74 Å². The Labute approximate surface area is 122 Å². The lowest BCUT2D eigenvalue weighted by molar-refractivity contribution is 0.190. The molecule has 0 fully saturated rings. The lowest BCUT2D eigenvalue weighted by Gasteiger charge is -2.10. The standard InChI is InChI=1S/C14H17ClN2OS/c1-9(8-18-3)16-14-17-13(10(2)19-14)11-4-6-12(15)7-5-11/h4-7,9H,8H2,1-3H3,(H,16,17)/t9-/m1/s1. The Bertz CT molecular complexity index is 539. The number of methoxy groups -OCH3 is 1. The molecule has 102 valence electrons. The van der Waals surface area contributed by atoms with Crippen molar-refractivity contribution in [3.63, 3.8) is 0 Å². The van der Waals surface area contributed by atoms with Gasteiger partial charge in [-0.15, -0.1) is 11.3 Å². The fraction of sp³-hybridized carbons (Fsp3) is 0.357. The molecule has 0 aliphatic carbocycles.